The Hall–Kier alpha value is -1.55. The number of hydrogen-bond donors (Lipinski definition) is 2. The molecule has 1 heterocycles. The van der Waals surface area contributed by atoms with Crippen LogP contribution in [-0.4, -0.2) is 24.6 Å². The van der Waals surface area contributed by atoms with Gasteiger partial charge in [-0.15, -0.1) is 0 Å². The Balaban J connectivity index is 2.04. The molecule has 1 aliphatic rings. The third kappa shape index (κ3) is 3.47. The van der Waals surface area contributed by atoms with Crippen molar-refractivity contribution in [2.45, 2.75) is 44.7 Å². The zero-order valence-corrected chi connectivity index (χ0v) is 11.6. The van der Waals surface area contributed by atoms with Gasteiger partial charge >= 0.3 is 0 Å². The van der Waals surface area contributed by atoms with Gasteiger partial charge in [-0.3, -0.25) is 4.79 Å². The van der Waals surface area contributed by atoms with Crippen molar-refractivity contribution < 1.29 is 9.53 Å². The average molecular weight is 262 g/mol. The van der Waals surface area contributed by atoms with Crippen LogP contribution in [0.5, 0.6) is 5.75 Å². The van der Waals surface area contributed by atoms with E-state index in [1.54, 1.807) is 0 Å². The zero-order valence-electron chi connectivity index (χ0n) is 11.6. The summed E-state index contributed by atoms with van der Waals surface area (Å²) in [4.78, 5) is 12.3. The second kappa shape index (κ2) is 6.06. The molecule has 3 unspecified atom stereocenters. The van der Waals surface area contributed by atoms with Crippen molar-refractivity contribution in [3.05, 3.63) is 29.8 Å². The molecular formula is C15H22N2O2. The number of rotatable bonds is 4. The minimum absolute atomic E-state index is 0.0731. The Morgan fingerprint density at radius 3 is 2.95 bits per heavy atom. The number of benzene rings is 1. The predicted molar refractivity (Wildman–Crippen MR) is 75.2 cm³/mol. The van der Waals surface area contributed by atoms with Crippen molar-refractivity contribution in [1.29, 1.82) is 0 Å². The SMILES string of the molecule is CC(N)CC(C)NC(=O)C1CCOc2ccccc21. The van der Waals surface area contributed by atoms with Crippen LogP contribution in [0, 0.1) is 0 Å². The van der Waals surface area contributed by atoms with Gasteiger partial charge in [0.1, 0.15) is 5.75 Å². The Morgan fingerprint density at radius 1 is 1.47 bits per heavy atom. The van der Waals surface area contributed by atoms with Crippen LogP contribution in [0.2, 0.25) is 0 Å². The lowest BCUT2D eigenvalue weighted by Gasteiger charge is -2.26. The minimum Gasteiger partial charge on any atom is -0.493 e. The van der Waals surface area contributed by atoms with E-state index in [2.05, 4.69) is 5.32 Å². The molecule has 0 spiro atoms. The van der Waals surface area contributed by atoms with Crippen LogP contribution in [0.3, 0.4) is 0 Å². The summed E-state index contributed by atoms with van der Waals surface area (Å²) >= 11 is 0. The molecule has 19 heavy (non-hydrogen) atoms. The summed E-state index contributed by atoms with van der Waals surface area (Å²) in [6.07, 6.45) is 1.52. The van der Waals surface area contributed by atoms with E-state index >= 15 is 0 Å². The molecule has 0 saturated heterocycles. The highest BCUT2D eigenvalue weighted by atomic mass is 16.5. The second-order valence-electron chi connectivity index (χ2n) is 5.35. The molecule has 3 atom stereocenters. The Bertz CT molecular complexity index is 446. The fraction of sp³-hybridized carbons (Fsp3) is 0.533. The van der Waals surface area contributed by atoms with Gasteiger partial charge in [-0.05, 0) is 32.8 Å². The van der Waals surface area contributed by atoms with Gasteiger partial charge in [0.25, 0.3) is 0 Å². The van der Waals surface area contributed by atoms with Crippen LogP contribution in [-0.2, 0) is 4.79 Å². The Labute approximate surface area is 114 Å². The molecule has 0 radical (unpaired) electrons. The summed E-state index contributed by atoms with van der Waals surface area (Å²) in [5.41, 5.74) is 6.74. The number of hydrogen-bond acceptors (Lipinski definition) is 3. The van der Waals surface area contributed by atoms with E-state index < -0.39 is 0 Å². The lowest BCUT2D eigenvalue weighted by molar-refractivity contribution is -0.123. The topological polar surface area (TPSA) is 64.3 Å². The maximum absolute atomic E-state index is 12.3. The van der Waals surface area contributed by atoms with Crippen LogP contribution < -0.4 is 15.8 Å². The smallest absolute Gasteiger partial charge is 0.228 e. The lowest BCUT2D eigenvalue weighted by Crippen LogP contribution is -2.40. The van der Waals surface area contributed by atoms with Crippen molar-refractivity contribution in [3.63, 3.8) is 0 Å². The first-order valence-electron chi connectivity index (χ1n) is 6.85. The molecule has 1 aromatic rings. The van der Waals surface area contributed by atoms with E-state index in [4.69, 9.17) is 10.5 Å². The van der Waals surface area contributed by atoms with Crippen LogP contribution in [0.4, 0.5) is 0 Å². The average Bonchev–Trinajstić information content (AvgIpc) is 2.36. The molecule has 3 N–H and O–H groups in total. The normalized spacial score (nSPS) is 20.9. The molecule has 1 amide bonds. The summed E-state index contributed by atoms with van der Waals surface area (Å²) in [7, 11) is 0. The summed E-state index contributed by atoms with van der Waals surface area (Å²) in [6, 6.07) is 7.95. The molecule has 4 heteroatoms. The monoisotopic (exact) mass is 262 g/mol. The summed E-state index contributed by atoms with van der Waals surface area (Å²) < 4.78 is 5.57. The molecule has 104 valence electrons. The number of amides is 1. The minimum atomic E-state index is -0.111. The number of nitrogens with one attached hydrogen (secondary N) is 1. The van der Waals surface area contributed by atoms with E-state index in [0.29, 0.717) is 6.61 Å². The van der Waals surface area contributed by atoms with Crippen molar-refractivity contribution in [2.75, 3.05) is 6.61 Å². The standard InChI is InChI=1S/C15H22N2O2/c1-10(16)9-11(2)17-15(18)13-7-8-19-14-6-4-3-5-12(13)14/h3-6,10-11,13H,7-9,16H2,1-2H3,(H,17,18). The number of fused-ring (bicyclic) bond motifs is 1. The molecule has 1 aliphatic heterocycles. The summed E-state index contributed by atoms with van der Waals surface area (Å²) in [5.74, 6) is 0.790. The van der Waals surface area contributed by atoms with Gasteiger partial charge in [0.15, 0.2) is 0 Å². The van der Waals surface area contributed by atoms with E-state index in [9.17, 15) is 4.79 Å². The molecule has 1 aromatic carbocycles. The lowest BCUT2D eigenvalue weighted by atomic mass is 9.92. The molecular weight excluding hydrogens is 240 g/mol. The van der Waals surface area contributed by atoms with E-state index in [1.165, 1.54) is 0 Å². The Kier molecular flexibility index (Phi) is 4.43. The van der Waals surface area contributed by atoms with Crippen LogP contribution in [0.1, 0.15) is 38.2 Å². The number of carbonyl (C=O) groups is 1. The van der Waals surface area contributed by atoms with Gasteiger partial charge in [0, 0.05) is 17.6 Å². The molecule has 2 rings (SSSR count). The van der Waals surface area contributed by atoms with Gasteiger partial charge in [0.2, 0.25) is 5.91 Å². The van der Waals surface area contributed by atoms with Gasteiger partial charge in [-0.2, -0.15) is 0 Å². The maximum Gasteiger partial charge on any atom is 0.228 e. The van der Waals surface area contributed by atoms with Crippen molar-refractivity contribution >= 4 is 5.91 Å². The highest BCUT2D eigenvalue weighted by Crippen LogP contribution is 2.33. The second-order valence-corrected chi connectivity index (χ2v) is 5.35. The molecule has 4 nitrogen and oxygen atoms in total. The first kappa shape index (κ1) is 13.9. The molecule has 0 saturated carbocycles. The van der Waals surface area contributed by atoms with Crippen molar-refractivity contribution in [1.82, 2.24) is 5.32 Å². The summed E-state index contributed by atoms with van der Waals surface area (Å²) in [6.45, 7) is 4.54. The van der Waals surface area contributed by atoms with Gasteiger partial charge in [-0.25, -0.2) is 0 Å². The first-order chi connectivity index (χ1) is 9.08. The maximum atomic E-state index is 12.3. The van der Waals surface area contributed by atoms with Gasteiger partial charge in [0.05, 0.1) is 12.5 Å². The summed E-state index contributed by atoms with van der Waals surface area (Å²) in [5, 5.41) is 3.05. The molecule has 0 aromatic heterocycles. The largest absolute Gasteiger partial charge is 0.493 e. The highest BCUT2D eigenvalue weighted by Gasteiger charge is 2.28. The third-order valence-corrected chi connectivity index (χ3v) is 3.39. The van der Waals surface area contributed by atoms with E-state index in [-0.39, 0.29) is 23.9 Å². The number of ether oxygens (including phenoxy) is 1. The Morgan fingerprint density at radius 2 is 2.21 bits per heavy atom. The predicted octanol–water partition coefficient (Wildman–Crippen LogP) is 1.79. The highest BCUT2D eigenvalue weighted by molar-refractivity contribution is 5.85. The quantitative estimate of drug-likeness (QED) is 0.869. The fourth-order valence-corrected chi connectivity index (χ4v) is 2.57. The van der Waals surface area contributed by atoms with Crippen LogP contribution >= 0.6 is 0 Å². The van der Waals surface area contributed by atoms with Gasteiger partial charge in [-0.1, -0.05) is 18.2 Å². The van der Waals surface area contributed by atoms with Crippen molar-refractivity contribution in [3.8, 4) is 5.75 Å². The van der Waals surface area contributed by atoms with Gasteiger partial charge < -0.3 is 15.8 Å². The number of para-hydroxylation sites is 1. The van der Waals surface area contributed by atoms with Crippen LogP contribution in [0.15, 0.2) is 24.3 Å². The van der Waals surface area contributed by atoms with E-state index in [1.807, 2.05) is 38.1 Å². The van der Waals surface area contributed by atoms with Crippen LogP contribution in [0.25, 0.3) is 0 Å². The fourth-order valence-electron chi connectivity index (χ4n) is 2.57. The molecule has 0 bridgehead atoms. The molecule has 0 aliphatic carbocycles. The third-order valence-electron chi connectivity index (χ3n) is 3.39. The first-order valence-corrected chi connectivity index (χ1v) is 6.85. The van der Waals surface area contributed by atoms with E-state index in [0.717, 1.165) is 24.2 Å². The molecule has 0 fully saturated rings. The number of carbonyl (C=O) groups excluding carboxylic acids is 1. The number of nitrogens with two attached hydrogens (primary N) is 1. The zero-order chi connectivity index (χ0) is 13.8. The van der Waals surface area contributed by atoms with Crippen molar-refractivity contribution in [2.24, 2.45) is 5.73 Å².